The van der Waals surface area contributed by atoms with Gasteiger partial charge in [0.2, 0.25) is 0 Å². The molecule has 208 valence electrons. The summed E-state index contributed by atoms with van der Waals surface area (Å²) in [6.45, 7) is 3.80. The summed E-state index contributed by atoms with van der Waals surface area (Å²) in [7, 11) is 0. The van der Waals surface area contributed by atoms with Gasteiger partial charge in [-0.05, 0) is 50.5 Å². The SMILES string of the molecule is CCC(C)NC(=O)c1cc2ccc(OC(=O)CCCCCN3C(=O)c4cccc([N+](=O)[O-])c4C3=O)cc2oc1=O. The number of benzene rings is 2. The van der Waals surface area contributed by atoms with Crippen LogP contribution in [0.4, 0.5) is 5.69 Å². The highest BCUT2D eigenvalue weighted by molar-refractivity contribution is 6.23. The highest BCUT2D eigenvalue weighted by Gasteiger charge is 2.40. The van der Waals surface area contributed by atoms with Crippen molar-refractivity contribution >= 4 is 40.3 Å². The maximum Gasteiger partial charge on any atom is 0.349 e. The Hall–Kier alpha value is -4.87. The number of fused-ring (bicyclic) bond motifs is 2. The minimum absolute atomic E-state index is 0.0135. The van der Waals surface area contributed by atoms with Gasteiger partial charge in [0.05, 0.1) is 10.5 Å². The normalized spacial score (nSPS) is 13.3. The number of nitrogens with one attached hydrogen (secondary N) is 1. The number of ether oxygens (including phenoxy) is 1. The van der Waals surface area contributed by atoms with Crippen molar-refractivity contribution in [2.75, 3.05) is 6.54 Å². The number of nitro benzene ring substituents is 1. The molecule has 4 rings (SSSR count). The quantitative estimate of drug-likeness (QED) is 0.0707. The van der Waals surface area contributed by atoms with Crippen molar-refractivity contribution in [3.05, 3.63) is 79.7 Å². The fourth-order valence-electron chi connectivity index (χ4n) is 4.29. The maximum atomic E-state index is 12.6. The first kappa shape index (κ1) is 28.1. The lowest BCUT2D eigenvalue weighted by Crippen LogP contribution is -2.34. The zero-order chi connectivity index (χ0) is 29.0. The second-order valence-electron chi connectivity index (χ2n) is 9.43. The Morgan fingerprint density at radius 3 is 2.58 bits per heavy atom. The third kappa shape index (κ3) is 5.90. The molecule has 1 N–H and O–H groups in total. The first-order valence-corrected chi connectivity index (χ1v) is 12.8. The molecule has 12 heteroatoms. The predicted molar refractivity (Wildman–Crippen MR) is 142 cm³/mol. The van der Waals surface area contributed by atoms with E-state index in [0.717, 1.165) is 4.90 Å². The summed E-state index contributed by atoms with van der Waals surface area (Å²) in [5.74, 6) is -2.15. The van der Waals surface area contributed by atoms with Gasteiger partial charge >= 0.3 is 11.6 Å². The number of nitro groups is 1. The standard InChI is InChI=1S/C28H27N3O9/c1-3-16(2)29-25(33)20-14-17-11-12-18(15-22(17)40-28(20)36)39-23(32)10-5-4-6-13-30-26(34)19-8-7-9-21(31(37)38)24(19)27(30)35/h7-9,11-12,14-16H,3-6,10,13H2,1-2H3,(H,29,33). The molecule has 40 heavy (non-hydrogen) atoms. The second-order valence-corrected chi connectivity index (χ2v) is 9.43. The number of nitrogens with zero attached hydrogens (tertiary/aromatic N) is 2. The van der Waals surface area contributed by atoms with Gasteiger partial charge in [0.15, 0.2) is 0 Å². The lowest BCUT2D eigenvalue weighted by Gasteiger charge is -2.13. The van der Waals surface area contributed by atoms with Crippen molar-refractivity contribution in [1.82, 2.24) is 10.2 Å². The van der Waals surface area contributed by atoms with Crippen LogP contribution in [0.25, 0.3) is 11.0 Å². The molecule has 0 saturated carbocycles. The third-order valence-electron chi connectivity index (χ3n) is 6.61. The van der Waals surface area contributed by atoms with E-state index < -0.39 is 39.9 Å². The van der Waals surface area contributed by atoms with E-state index in [1.54, 1.807) is 6.07 Å². The number of carbonyl (C=O) groups is 4. The summed E-state index contributed by atoms with van der Waals surface area (Å²) in [6.07, 6.45) is 2.09. The van der Waals surface area contributed by atoms with Gasteiger partial charge in [-0.25, -0.2) is 4.79 Å². The van der Waals surface area contributed by atoms with E-state index >= 15 is 0 Å². The van der Waals surface area contributed by atoms with E-state index in [1.165, 1.54) is 36.4 Å². The van der Waals surface area contributed by atoms with Crippen molar-refractivity contribution < 1.29 is 33.3 Å². The van der Waals surface area contributed by atoms with E-state index in [2.05, 4.69) is 5.32 Å². The van der Waals surface area contributed by atoms with Crippen LogP contribution in [0.2, 0.25) is 0 Å². The smallest absolute Gasteiger partial charge is 0.349 e. The maximum absolute atomic E-state index is 12.6. The molecule has 3 aromatic rings. The summed E-state index contributed by atoms with van der Waals surface area (Å²) in [6, 6.07) is 9.77. The lowest BCUT2D eigenvalue weighted by molar-refractivity contribution is -0.385. The summed E-state index contributed by atoms with van der Waals surface area (Å²) in [4.78, 5) is 73.6. The van der Waals surface area contributed by atoms with Crippen LogP contribution in [0.1, 0.15) is 77.0 Å². The molecule has 0 radical (unpaired) electrons. The molecule has 1 atom stereocenters. The Labute approximate surface area is 228 Å². The van der Waals surface area contributed by atoms with E-state index in [-0.39, 0.29) is 47.0 Å². The summed E-state index contributed by atoms with van der Waals surface area (Å²) in [5, 5.41) is 14.4. The van der Waals surface area contributed by atoms with E-state index in [0.29, 0.717) is 31.1 Å². The molecule has 1 unspecified atom stereocenters. The number of rotatable bonds is 11. The van der Waals surface area contributed by atoms with Crippen LogP contribution in [-0.2, 0) is 4.79 Å². The number of hydrogen-bond donors (Lipinski definition) is 1. The molecule has 0 saturated heterocycles. The summed E-state index contributed by atoms with van der Waals surface area (Å²) in [5.41, 5.74) is -1.34. The largest absolute Gasteiger partial charge is 0.426 e. The molecular weight excluding hydrogens is 522 g/mol. The Kier molecular flexibility index (Phi) is 8.37. The molecule has 1 aliphatic heterocycles. The molecule has 12 nitrogen and oxygen atoms in total. The minimum Gasteiger partial charge on any atom is -0.426 e. The van der Waals surface area contributed by atoms with Crippen molar-refractivity contribution in [1.29, 1.82) is 0 Å². The van der Waals surface area contributed by atoms with Gasteiger partial charge in [-0.3, -0.25) is 34.2 Å². The molecule has 1 aliphatic rings. The Morgan fingerprint density at radius 1 is 1.07 bits per heavy atom. The molecule has 0 bridgehead atoms. The van der Waals surface area contributed by atoms with Crippen LogP contribution < -0.4 is 15.7 Å². The van der Waals surface area contributed by atoms with Crippen molar-refractivity contribution in [2.24, 2.45) is 0 Å². The topological polar surface area (TPSA) is 166 Å². The van der Waals surface area contributed by atoms with Crippen LogP contribution in [-0.4, -0.2) is 46.1 Å². The lowest BCUT2D eigenvalue weighted by atomic mass is 10.1. The van der Waals surface area contributed by atoms with E-state index in [4.69, 9.17) is 9.15 Å². The molecule has 0 spiro atoms. The van der Waals surface area contributed by atoms with Gasteiger partial charge in [-0.2, -0.15) is 0 Å². The molecule has 1 aromatic heterocycles. The first-order valence-electron chi connectivity index (χ1n) is 12.8. The van der Waals surface area contributed by atoms with Gasteiger partial charge in [-0.1, -0.05) is 19.4 Å². The van der Waals surface area contributed by atoms with E-state index in [1.807, 2.05) is 13.8 Å². The molecule has 0 fully saturated rings. The van der Waals surface area contributed by atoms with Crippen molar-refractivity contribution in [3.63, 3.8) is 0 Å². The number of imide groups is 1. The average molecular weight is 550 g/mol. The fourth-order valence-corrected chi connectivity index (χ4v) is 4.29. The fraction of sp³-hybridized carbons (Fsp3) is 0.321. The molecular formula is C28H27N3O9. The third-order valence-corrected chi connectivity index (χ3v) is 6.61. The zero-order valence-electron chi connectivity index (χ0n) is 21.9. The number of carbonyl (C=O) groups excluding carboxylic acids is 4. The Balaban J connectivity index is 1.27. The predicted octanol–water partition coefficient (Wildman–Crippen LogP) is 3.99. The Morgan fingerprint density at radius 2 is 1.85 bits per heavy atom. The van der Waals surface area contributed by atoms with Gasteiger partial charge < -0.3 is 14.5 Å². The van der Waals surface area contributed by atoms with Crippen LogP contribution in [0.5, 0.6) is 5.75 Å². The van der Waals surface area contributed by atoms with Crippen molar-refractivity contribution in [2.45, 2.75) is 52.0 Å². The minimum atomic E-state index is -0.801. The van der Waals surface area contributed by atoms with Gasteiger partial charge in [0.1, 0.15) is 22.5 Å². The molecule has 2 heterocycles. The van der Waals surface area contributed by atoms with Crippen LogP contribution in [0, 0.1) is 10.1 Å². The molecule has 0 aliphatic carbocycles. The second kappa shape index (κ2) is 11.9. The van der Waals surface area contributed by atoms with Gasteiger partial charge in [0, 0.05) is 36.5 Å². The molecule has 3 amide bonds. The number of unbranched alkanes of at least 4 members (excludes halogenated alkanes) is 2. The first-order chi connectivity index (χ1) is 19.1. The number of esters is 1. The highest BCUT2D eigenvalue weighted by Crippen LogP contribution is 2.31. The van der Waals surface area contributed by atoms with Gasteiger partial charge in [0.25, 0.3) is 23.4 Å². The van der Waals surface area contributed by atoms with Gasteiger partial charge in [-0.15, -0.1) is 0 Å². The number of amides is 3. The number of hydrogen-bond acceptors (Lipinski definition) is 9. The Bertz CT molecular complexity index is 1580. The van der Waals surface area contributed by atoms with Crippen LogP contribution >= 0.6 is 0 Å². The monoisotopic (exact) mass is 549 g/mol. The summed E-state index contributed by atoms with van der Waals surface area (Å²) < 4.78 is 10.6. The molecule has 2 aromatic carbocycles. The van der Waals surface area contributed by atoms with Crippen LogP contribution in [0.3, 0.4) is 0 Å². The van der Waals surface area contributed by atoms with Crippen molar-refractivity contribution in [3.8, 4) is 5.75 Å². The van der Waals surface area contributed by atoms with Crippen LogP contribution in [0.15, 0.2) is 51.7 Å². The van der Waals surface area contributed by atoms with E-state index in [9.17, 15) is 34.1 Å². The average Bonchev–Trinajstić information content (AvgIpc) is 3.16. The zero-order valence-corrected chi connectivity index (χ0v) is 21.9. The summed E-state index contributed by atoms with van der Waals surface area (Å²) >= 11 is 0. The highest BCUT2D eigenvalue weighted by atomic mass is 16.6.